The molecule has 2 heterocycles. The van der Waals surface area contributed by atoms with Crippen molar-refractivity contribution >= 4 is 5.95 Å². The molecule has 0 aromatic carbocycles. The third-order valence-corrected chi connectivity index (χ3v) is 1.63. The minimum absolute atomic E-state index is 0.277. The predicted molar refractivity (Wildman–Crippen MR) is 61.0 cm³/mol. The van der Waals surface area contributed by atoms with Crippen LogP contribution in [0.2, 0.25) is 0 Å². The van der Waals surface area contributed by atoms with E-state index in [9.17, 15) is 0 Å². The van der Waals surface area contributed by atoms with Crippen LogP contribution in [0.3, 0.4) is 0 Å². The van der Waals surface area contributed by atoms with Gasteiger partial charge in [0, 0.05) is 24.2 Å². The summed E-state index contributed by atoms with van der Waals surface area (Å²) in [6.07, 6.45) is 5.04. The number of rotatable bonds is 1. The van der Waals surface area contributed by atoms with Crippen LogP contribution in [0.5, 0.6) is 0 Å². The number of anilines is 1. The molecular weight excluding hydrogens is 188 g/mol. The van der Waals surface area contributed by atoms with Crippen molar-refractivity contribution in [2.24, 2.45) is 0 Å². The molecule has 0 bridgehead atoms. The zero-order chi connectivity index (χ0) is 11.1. The second-order valence-corrected chi connectivity index (χ2v) is 2.54. The van der Waals surface area contributed by atoms with E-state index in [2.05, 4.69) is 15.0 Å². The third kappa shape index (κ3) is 3.02. The number of pyridine rings is 1. The molecule has 4 heteroatoms. The van der Waals surface area contributed by atoms with Crippen molar-refractivity contribution in [3.8, 4) is 11.3 Å². The lowest BCUT2D eigenvalue weighted by Gasteiger charge is -1.98. The van der Waals surface area contributed by atoms with Crippen LogP contribution in [-0.2, 0) is 0 Å². The Labute approximate surface area is 89.2 Å². The standard InChI is InChI=1S/C9H8N4.C2H6/c10-9-12-5-7(6-13-9)8-3-1-2-4-11-8;1-2/h1-6H,(H2,10,12,13);1-2H3. The molecule has 2 aromatic rings. The van der Waals surface area contributed by atoms with Crippen molar-refractivity contribution in [1.82, 2.24) is 15.0 Å². The Kier molecular flexibility index (Phi) is 4.22. The number of hydrogen-bond acceptors (Lipinski definition) is 4. The average Bonchev–Trinajstić information content (AvgIpc) is 2.34. The molecule has 0 fully saturated rings. The fourth-order valence-corrected chi connectivity index (χ4v) is 1.00. The van der Waals surface area contributed by atoms with Gasteiger partial charge in [0.15, 0.2) is 0 Å². The van der Waals surface area contributed by atoms with Gasteiger partial charge in [-0.05, 0) is 12.1 Å². The van der Waals surface area contributed by atoms with Crippen molar-refractivity contribution in [1.29, 1.82) is 0 Å². The highest BCUT2D eigenvalue weighted by Crippen LogP contribution is 2.13. The van der Waals surface area contributed by atoms with E-state index in [1.807, 2.05) is 32.0 Å². The summed E-state index contributed by atoms with van der Waals surface area (Å²) >= 11 is 0. The Morgan fingerprint density at radius 3 is 2.20 bits per heavy atom. The highest BCUT2D eigenvalue weighted by molar-refractivity contribution is 5.56. The first kappa shape index (κ1) is 11.1. The molecule has 78 valence electrons. The number of nitrogen functional groups attached to an aromatic ring is 1. The Hall–Kier alpha value is -1.97. The minimum Gasteiger partial charge on any atom is -0.368 e. The molecule has 0 atom stereocenters. The number of nitrogens with zero attached hydrogens (tertiary/aromatic N) is 3. The molecule has 0 radical (unpaired) electrons. The first-order valence-corrected chi connectivity index (χ1v) is 4.85. The highest BCUT2D eigenvalue weighted by Gasteiger charge is 1.97. The van der Waals surface area contributed by atoms with Gasteiger partial charge in [0.25, 0.3) is 0 Å². The second-order valence-electron chi connectivity index (χ2n) is 2.54. The minimum atomic E-state index is 0.277. The van der Waals surface area contributed by atoms with Gasteiger partial charge in [-0.3, -0.25) is 4.98 Å². The Morgan fingerprint density at radius 2 is 1.67 bits per heavy atom. The zero-order valence-corrected chi connectivity index (χ0v) is 8.88. The normalized spacial score (nSPS) is 8.93. The first-order valence-electron chi connectivity index (χ1n) is 4.85. The van der Waals surface area contributed by atoms with Crippen LogP contribution >= 0.6 is 0 Å². The third-order valence-electron chi connectivity index (χ3n) is 1.63. The van der Waals surface area contributed by atoms with Gasteiger partial charge in [0.2, 0.25) is 5.95 Å². The summed E-state index contributed by atoms with van der Waals surface area (Å²) in [7, 11) is 0. The van der Waals surface area contributed by atoms with Gasteiger partial charge in [-0.1, -0.05) is 19.9 Å². The molecule has 2 N–H and O–H groups in total. The fraction of sp³-hybridized carbons (Fsp3) is 0.182. The molecule has 15 heavy (non-hydrogen) atoms. The summed E-state index contributed by atoms with van der Waals surface area (Å²) in [4.78, 5) is 11.9. The summed E-state index contributed by atoms with van der Waals surface area (Å²) in [6.45, 7) is 4.00. The van der Waals surface area contributed by atoms with E-state index >= 15 is 0 Å². The smallest absolute Gasteiger partial charge is 0.219 e. The van der Waals surface area contributed by atoms with Crippen molar-refractivity contribution < 1.29 is 0 Å². The lowest BCUT2D eigenvalue weighted by atomic mass is 10.2. The Morgan fingerprint density at radius 1 is 1.00 bits per heavy atom. The lowest BCUT2D eigenvalue weighted by Crippen LogP contribution is -1.94. The quantitative estimate of drug-likeness (QED) is 0.769. The van der Waals surface area contributed by atoms with Crippen molar-refractivity contribution in [3.63, 3.8) is 0 Å². The van der Waals surface area contributed by atoms with Crippen LogP contribution in [0, 0.1) is 0 Å². The SMILES string of the molecule is CC.Nc1ncc(-c2ccccn2)cn1. The van der Waals surface area contributed by atoms with Crippen molar-refractivity contribution in [2.75, 3.05) is 5.73 Å². The summed E-state index contributed by atoms with van der Waals surface area (Å²) in [5.74, 6) is 0.277. The number of aromatic nitrogens is 3. The maximum atomic E-state index is 5.36. The van der Waals surface area contributed by atoms with Gasteiger partial charge < -0.3 is 5.73 Å². The molecule has 0 spiro atoms. The molecule has 2 aromatic heterocycles. The van der Waals surface area contributed by atoms with E-state index in [0.717, 1.165) is 11.3 Å². The Balaban J connectivity index is 0.000000531. The summed E-state index contributed by atoms with van der Waals surface area (Å²) in [5, 5.41) is 0. The van der Waals surface area contributed by atoms with Crippen LogP contribution in [0.1, 0.15) is 13.8 Å². The maximum absolute atomic E-state index is 5.36. The summed E-state index contributed by atoms with van der Waals surface area (Å²) < 4.78 is 0. The summed E-state index contributed by atoms with van der Waals surface area (Å²) in [5.41, 5.74) is 7.08. The average molecular weight is 202 g/mol. The van der Waals surface area contributed by atoms with Crippen molar-refractivity contribution in [3.05, 3.63) is 36.8 Å². The van der Waals surface area contributed by atoms with Gasteiger partial charge in [-0.2, -0.15) is 0 Å². The fourth-order valence-electron chi connectivity index (χ4n) is 1.00. The molecule has 0 aliphatic carbocycles. The van der Waals surface area contributed by atoms with Crippen LogP contribution in [0.4, 0.5) is 5.95 Å². The Bertz CT molecular complexity index is 383. The van der Waals surface area contributed by atoms with E-state index in [4.69, 9.17) is 5.73 Å². The van der Waals surface area contributed by atoms with Gasteiger partial charge in [-0.15, -0.1) is 0 Å². The molecule has 4 nitrogen and oxygen atoms in total. The topological polar surface area (TPSA) is 64.7 Å². The maximum Gasteiger partial charge on any atom is 0.219 e. The molecule has 0 unspecified atom stereocenters. The van der Waals surface area contributed by atoms with E-state index in [-0.39, 0.29) is 5.95 Å². The van der Waals surface area contributed by atoms with Gasteiger partial charge in [0.05, 0.1) is 5.69 Å². The van der Waals surface area contributed by atoms with Crippen LogP contribution in [0.25, 0.3) is 11.3 Å². The van der Waals surface area contributed by atoms with Gasteiger partial charge in [0.1, 0.15) is 0 Å². The first-order chi connectivity index (χ1) is 7.36. The largest absolute Gasteiger partial charge is 0.368 e. The molecule has 0 amide bonds. The molecule has 0 aliphatic rings. The van der Waals surface area contributed by atoms with E-state index in [0.29, 0.717) is 0 Å². The highest BCUT2D eigenvalue weighted by atomic mass is 15.0. The van der Waals surface area contributed by atoms with E-state index in [1.54, 1.807) is 18.6 Å². The second kappa shape index (κ2) is 5.70. The molecule has 0 saturated carbocycles. The van der Waals surface area contributed by atoms with E-state index in [1.165, 1.54) is 0 Å². The molecule has 0 aliphatic heterocycles. The lowest BCUT2D eigenvalue weighted by molar-refractivity contribution is 1.17. The number of nitrogens with two attached hydrogens (primary N) is 1. The summed E-state index contributed by atoms with van der Waals surface area (Å²) in [6, 6.07) is 5.68. The molecular formula is C11H14N4. The van der Waals surface area contributed by atoms with E-state index < -0.39 is 0 Å². The van der Waals surface area contributed by atoms with Gasteiger partial charge >= 0.3 is 0 Å². The van der Waals surface area contributed by atoms with Crippen LogP contribution < -0.4 is 5.73 Å². The molecule has 2 rings (SSSR count). The predicted octanol–water partition coefficient (Wildman–Crippen LogP) is 2.15. The van der Waals surface area contributed by atoms with Crippen molar-refractivity contribution in [2.45, 2.75) is 13.8 Å². The monoisotopic (exact) mass is 202 g/mol. The zero-order valence-electron chi connectivity index (χ0n) is 8.88. The van der Waals surface area contributed by atoms with Crippen LogP contribution in [0.15, 0.2) is 36.8 Å². The van der Waals surface area contributed by atoms with Gasteiger partial charge in [-0.25, -0.2) is 9.97 Å². The molecule has 0 saturated heterocycles. The van der Waals surface area contributed by atoms with Crippen LogP contribution in [-0.4, -0.2) is 15.0 Å². The number of hydrogen-bond donors (Lipinski definition) is 1.